The molecule has 4 rings (SSSR count). The van der Waals surface area contributed by atoms with Gasteiger partial charge in [-0.3, -0.25) is 4.79 Å². The molecule has 0 saturated carbocycles. The number of nitrogens with zero attached hydrogens (tertiary/aromatic N) is 3. The maximum atomic E-state index is 14.8. The van der Waals surface area contributed by atoms with Crippen LogP contribution in [0.5, 0.6) is 0 Å². The molecular weight excluding hydrogens is 462 g/mol. The Morgan fingerprint density at radius 3 is 2.42 bits per heavy atom. The van der Waals surface area contributed by atoms with Crippen LogP contribution in [0.3, 0.4) is 0 Å². The number of rotatable bonds is 8. The number of benzene rings is 3. The van der Waals surface area contributed by atoms with E-state index >= 15 is 0 Å². The van der Waals surface area contributed by atoms with Crippen LogP contribution in [0.4, 0.5) is 8.78 Å². The van der Waals surface area contributed by atoms with Crippen molar-refractivity contribution in [1.29, 1.82) is 0 Å². The first-order valence-electron chi connectivity index (χ1n) is 11.6. The molecule has 1 N–H and O–H groups in total. The third kappa shape index (κ3) is 6.40. The van der Waals surface area contributed by atoms with E-state index in [0.717, 1.165) is 5.56 Å². The lowest BCUT2D eigenvalue weighted by Crippen LogP contribution is -2.24. The normalized spacial score (nSPS) is 11.5. The lowest BCUT2D eigenvalue weighted by atomic mass is 9.98. The summed E-state index contributed by atoms with van der Waals surface area (Å²) in [5.74, 6) is -0.966. The van der Waals surface area contributed by atoms with Gasteiger partial charge in [-0.1, -0.05) is 42.5 Å². The van der Waals surface area contributed by atoms with Crippen LogP contribution in [-0.2, 0) is 29.4 Å². The molecule has 0 amide bonds. The first-order valence-corrected chi connectivity index (χ1v) is 11.6. The van der Waals surface area contributed by atoms with Crippen LogP contribution in [-0.4, -0.2) is 20.7 Å². The van der Waals surface area contributed by atoms with Crippen LogP contribution in [0.2, 0.25) is 0 Å². The minimum Gasteiger partial charge on any atom is -0.442 e. The van der Waals surface area contributed by atoms with Crippen molar-refractivity contribution >= 4 is 5.97 Å². The van der Waals surface area contributed by atoms with Gasteiger partial charge in [0.25, 0.3) is 0 Å². The average molecular weight is 491 g/mol. The molecule has 4 aromatic rings. The second-order valence-electron chi connectivity index (χ2n) is 9.54. The summed E-state index contributed by atoms with van der Waals surface area (Å²) in [7, 11) is 0. The van der Waals surface area contributed by atoms with Gasteiger partial charge >= 0.3 is 5.97 Å². The van der Waals surface area contributed by atoms with Crippen molar-refractivity contribution in [2.24, 2.45) is 5.41 Å². The Bertz CT molecular complexity index is 1350. The molecule has 0 aliphatic rings. The molecule has 0 spiro atoms. The molecule has 0 aliphatic heterocycles. The molecule has 1 heterocycles. The SMILES string of the molecule is CC(C)(C)C(=O)OCn1cnc(-c2cc(F)cc(-c3ccc(CNCc4ccccc4)c(F)c3)c2)n1. The van der Waals surface area contributed by atoms with E-state index < -0.39 is 11.2 Å². The van der Waals surface area contributed by atoms with Gasteiger partial charge in [0, 0.05) is 24.2 Å². The maximum absolute atomic E-state index is 14.8. The summed E-state index contributed by atoms with van der Waals surface area (Å²) >= 11 is 0. The van der Waals surface area contributed by atoms with E-state index in [1.54, 1.807) is 39.0 Å². The van der Waals surface area contributed by atoms with E-state index in [9.17, 15) is 13.6 Å². The molecule has 1 aromatic heterocycles. The molecule has 0 atom stereocenters. The fourth-order valence-corrected chi connectivity index (χ4v) is 3.52. The van der Waals surface area contributed by atoms with Gasteiger partial charge in [0.2, 0.25) is 0 Å². The van der Waals surface area contributed by atoms with E-state index in [4.69, 9.17) is 4.74 Å². The van der Waals surface area contributed by atoms with Crippen LogP contribution in [0, 0.1) is 17.0 Å². The predicted octanol–water partition coefficient (Wildman–Crippen LogP) is 5.73. The number of carbonyl (C=O) groups excluding carboxylic acids is 1. The van der Waals surface area contributed by atoms with Gasteiger partial charge in [-0.25, -0.2) is 18.4 Å². The highest BCUT2D eigenvalue weighted by Gasteiger charge is 2.23. The number of ether oxygens (including phenoxy) is 1. The molecular formula is C28H28F2N4O2. The molecule has 3 aromatic carbocycles. The Balaban J connectivity index is 1.46. The Morgan fingerprint density at radius 1 is 0.944 bits per heavy atom. The second kappa shape index (κ2) is 10.8. The van der Waals surface area contributed by atoms with Crippen molar-refractivity contribution in [2.75, 3.05) is 0 Å². The van der Waals surface area contributed by atoms with Gasteiger partial charge in [-0.05, 0) is 61.7 Å². The highest BCUT2D eigenvalue weighted by atomic mass is 19.1. The minimum atomic E-state index is -0.635. The highest BCUT2D eigenvalue weighted by molar-refractivity contribution is 5.75. The van der Waals surface area contributed by atoms with Gasteiger partial charge < -0.3 is 10.1 Å². The Labute approximate surface area is 209 Å². The van der Waals surface area contributed by atoms with Crippen LogP contribution in [0.25, 0.3) is 22.5 Å². The van der Waals surface area contributed by atoms with E-state index in [1.807, 2.05) is 30.3 Å². The van der Waals surface area contributed by atoms with Crippen LogP contribution in [0.15, 0.2) is 73.1 Å². The van der Waals surface area contributed by atoms with Crippen molar-refractivity contribution in [3.8, 4) is 22.5 Å². The second-order valence-corrected chi connectivity index (χ2v) is 9.54. The lowest BCUT2D eigenvalue weighted by Gasteiger charge is -2.16. The predicted molar refractivity (Wildman–Crippen MR) is 133 cm³/mol. The monoisotopic (exact) mass is 490 g/mol. The Hall–Kier alpha value is -3.91. The average Bonchev–Trinajstić information content (AvgIpc) is 3.32. The summed E-state index contributed by atoms with van der Waals surface area (Å²) in [4.78, 5) is 16.2. The molecule has 0 unspecified atom stereocenters. The molecule has 0 bridgehead atoms. The summed E-state index contributed by atoms with van der Waals surface area (Å²) in [5.41, 5.74) is 2.48. The first kappa shape index (κ1) is 25.2. The number of halogens is 2. The van der Waals surface area contributed by atoms with Gasteiger partial charge in [0.05, 0.1) is 5.41 Å². The first-order chi connectivity index (χ1) is 17.2. The molecule has 0 radical (unpaired) electrons. The lowest BCUT2D eigenvalue weighted by molar-refractivity contribution is -0.157. The third-order valence-corrected chi connectivity index (χ3v) is 5.51. The molecule has 0 aliphatic carbocycles. The summed E-state index contributed by atoms with van der Waals surface area (Å²) < 4.78 is 35.9. The van der Waals surface area contributed by atoms with E-state index in [-0.39, 0.29) is 24.3 Å². The number of carbonyl (C=O) groups is 1. The summed E-state index contributed by atoms with van der Waals surface area (Å²) in [5, 5.41) is 7.52. The van der Waals surface area contributed by atoms with Crippen molar-refractivity contribution in [1.82, 2.24) is 20.1 Å². The van der Waals surface area contributed by atoms with E-state index in [2.05, 4.69) is 15.4 Å². The Morgan fingerprint density at radius 2 is 1.69 bits per heavy atom. The molecule has 8 heteroatoms. The van der Waals surface area contributed by atoms with Crippen molar-refractivity contribution < 1.29 is 18.3 Å². The molecule has 6 nitrogen and oxygen atoms in total. The van der Waals surface area contributed by atoms with Gasteiger partial charge in [0.1, 0.15) is 18.0 Å². The standard InChI is InChI=1S/C28H28F2N4O2/c1-28(2,3)27(35)36-18-34-17-32-26(33-34)23-11-22(12-24(29)13-23)20-9-10-21(25(30)14-20)16-31-15-19-7-5-4-6-8-19/h4-14,17,31H,15-16,18H2,1-3H3. The maximum Gasteiger partial charge on any atom is 0.313 e. The molecule has 0 saturated heterocycles. The third-order valence-electron chi connectivity index (χ3n) is 5.51. The Kier molecular flexibility index (Phi) is 7.55. The fraction of sp³-hybridized carbons (Fsp3) is 0.250. The fourth-order valence-electron chi connectivity index (χ4n) is 3.52. The zero-order valence-electron chi connectivity index (χ0n) is 20.5. The minimum absolute atomic E-state index is 0.101. The molecule has 186 valence electrons. The zero-order valence-corrected chi connectivity index (χ0v) is 20.5. The summed E-state index contributed by atoms with van der Waals surface area (Å²) in [6, 6.07) is 19.1. The van der Waals surface area contributed by atoms with Crippen molar-refractivity contribution in [2.45, 2.75) is 40.6 Å². The van der Waals surface area contributed by atoms with Gasteiger partial charge in [-0.2, -0.15) is 0 Å². The summed E-state index contributed by atoms with van der Waals surface area (Å²) in [6.07, 6.45) is 1.41. The van der Waals surface area contributed by atoms with Gasteiger partial charge in [-0.15, -0.1) is 5.10 Å². The van der Waals surface area contributed by atoms with Crippen LogP contribution >= 0.6 is 0 Å². The number of hydrogen-bond acceptors (Lipinski definition) is 5. The largest absolute Gasteiger partial charge is 0.442 e. The van der Waals surface area contributed by atoms with Crippen molar-refractivity contribution in [3.63, 3.8) is 0 Å². The number of aromatic nitrogens is 3. The van der Waals surface area contributed by atoms with Crippen LogP contribution < -0.4 is 5.32 Å². The molecule has 36 heavy (non-hydrogen) atoms. The number of hydrogen-bond donors (Lipinski definition) is 1. The van der Waals surface area contributed by atoms with Crippen LogP contribution in [0.1, 0.15) is 31.9 Å². The smallest absolute Gasteiger partial charge is 0.313 e. The summed E-state index contributed by atoms with van der Waals surface area (Å²) in [6.45, 7) is 6.17. The van der Waals surface area contributed by atoms with E-state index in [0.29, 0.717) is 35.3 Å². The highest BCUT2D eigenvalue weighted by Crippen LogP contribution is 2.28. The van der Waals surface area contributed by atoms with E-state index in [1.165, 1.54) is 29.2 Å². The van der Waals surface area contributed by atoms with Gasteiger partial charge in [0.15, 0.2) is 12.6 Å². The molecule has 0 fully saturated rings. The quantitative estimate of drug-likeness (QED) is 0.320. The number of esters is 1. The number of nitrogens with one attached hydrogen (secondary N) is 1. The zero-order chi connectivity index (χ0) is 25.7. The van der Waals surface area contributed by atoms with Crippen molar-refractivity contribution in [3.05, 3.63) is 95.8 Å². The topological polar surface area (TPSA) is 69.0 Å².